The third-order valence-electron chi connectivity index (χ3n) is 4.78. The molecular formula is C22H21N3OS. The molecule has 0 aliphatic heterocycles. The molecule has 0 aliphatic rings. The van der Waals surface area contributed by atoms with Crippen LogP contribution in [0.15, 0.2) is 54.6 Å². The molecule has 4 aromatic rings. The highest BCUT2D eigenvalue weighted by atomic mass is 32.1. The Kier molecular flexibility index (Phi) is 4.54. The van der Waals surface area contributed by atoms with Crippen LogP contribution in [-0.4, -0.2) is 15.7 Å². The van der Waals surface area contributed by atoms with Gasteiger partial charge in [-0.1, -0.05) is 42.5 Å². The molecule has 2 aromatic heterocycles. The van der Waals surface area contributed by atoms with Gasteiger partial charge in [-0.3, -0.25) is 9.48 Å². The van der Waals surface area contributed by atoms with Crippen molar-refractivity contribution >= 4 is 33.7 Å². The highest BCUT2D eigenvalue weighted by Crippen LogP contribution is 2.25. The lowest BCUT2D eigenvalue weighted by molar-refractivity contribution is 0.103. The van der Waals surface area contributed by atoms with Crippen LogP contribution in [0, 0.1) is 20.8 Å². The summed E-state index contributed by atoms with van der Waals surface area (Å²) in [5.41, 5.74) is 3.80. The van der Waals surface area contributed by atoms with Crippen molar-refractivity contribution in [3.05, 3.63) is 81.3 Å². The zero-order valence-corrected chi connectivity index (χ0v) is 16.4. The fourth-order valence-corrected chi connectivity index (χ4v) is 4.12. The number of aryl methyl sites for hydroxylation is 2. The maximum Gasteiger partial charge on any atom is 0.265 e. The molecule has 2 aromatic carbocycles. The van der Waals surface area contributed by atoms with Crippen molar-refractivity contribution in [2.75, 3.05) is 5.32 Å². The Hall–Kier alpha value is -2.92. The van der Waals surface area contributed by atoms with Crippen molar-refractivity contribution in [3.63, 3.8) is 0 Å². The van der Waals surface area contributed by atoms with Crippen LogP contribution in [0.2, 0.25) is 0 Å². The molecule has 27 heavy (non-hydrogen) atoms. The number of amides is 1. The van der Waals surface area contributed by atoms with E-state index < -0.39 is 0 Å². The SMILES string of the molecule is Cc1ccc(C(=O)Nc2c(C)nn(Cc3cccc4ccccc34)c2C)s1. The highest BCUT2D eigenvalue weighted by Gasteiger charge is 2.16. The second-order valence-corrected chi connectivity index (χ2v) is 7.99. The zero-order valence-electron chi connectivity index (χ0n) is 15.6. The third kappa shape index (κ3) is 3.38. The molecule has 0 spiro atoms. The molecular weight excluding hydrogens is 354 g/mol. The zero-order chi connectivity index (χ0) is 19.0. The number of fused-ring (bicyclic) bond motifs is 1. The molecule has 0 unspecified atom stereocenters. The summed E-state index contributed by atoms with van der Waals surface area (Å²) < 4.78 is 1.96. The molecule has 0 saturated heterocycles. The Morgan fingerprint density at radius 1 is 1.04 bits per heavy atom. The Morgan fingerprint density at radius 2 is 1.81 bits per heavy atom. The van der Waals surface area contributed by atoms with Crippen molar-refractivity contribution in [2.24, 2.45) is 0 Å². The van der Waals surface area contributed by atoms with E-state index in [9.17, 15) is 4.79 Å². The minimum Gasteiger partial charge on any atom is -0.318 e. The minimum atomic E-state index is -0.0796. The molecule has 0 bridgehead atoms. The van der Waals surface area contributed by atoms with Crippen molar-refractivity contribution in [1.82, 2.24) is 9.78 Å². The summed E-state index contributed by atoms with van der Waals surface area (Å²) >= 11 is 1.50. The number of nitrogens with one attached hydrogen (secondary N) is 1. The highest BCUT2D eigenvalue weighted by molar-refractivity contribution is 7.14. The van der Waals surface area contributed by atoms with Gasteiger partial charge in [-0.25, -0.2) is 0 Å². The second-order valence-electron chi connectivity index (χ2n) is 6.71. The largest absolute Gasteiger partial charge is 0.318 e. The van der Waals surface area contributed by atoms with E-state index in [4.69, 9.17) is 0 Å². The van der Waals surface area contributed by atoms with E-state index in [1.807, 2.05) is 37.6 Å². The predicted octanol–water partition coefficient (Wildman–Crippen LogP) is 5.32. The van der Waals surface area contributed by atoms with Gasteiger partial charge in [0.05, 0.1) is 28.5 Å². The van der Waals surface area contributed by atoms with E-state index in [0.29, 0.717) is 11.4 Å². The van der Waals surface area contributed by atoms with Gasteiger partial charge in [0, 0.05) is 4.88 Å². The van der Waals surface area contributed by atoms with Gasteiger partial charge < -0.3 is 5.32 Å². The topological polar surface area (TPSA) is 46.9 Å². The molecule has 0 saturated carbocycles. The summed E-state index contributed by atoms with van der Waals surface area (Å²) in [4.78, 5) is 14.4. The van der Waals surface area contributed by atoms with Gasteiger partial charge in [0.1, 0.15) is 0 Å². The van der Waals surface area contributed by atoms with Gasteiger partial charge in [0.2, 0.25) is 0 Å². The van der Waals surface area contributed by atoms with E-state index in [1.54, 1.807) is 0 Å². The van der Waals surface area contributed by atoms with Crippen LogP contribution in [0.5, 0.6) is 0 Å². The number of carbonyl (C=O) groups is 1. The van der Waals surface area contributed by atoms with Gasteiger partial charge in [-0.15, -0.1) is 11.3 Å². The number of aromatic nitrogens is 2. The Labute approximate surface area is 162 Å². The van der Waals surface area contributed by atoms with Crippen LogP contribution < -0.4 is 5.32 Å². The second kappa shape index (κ2) is 7.00. The first-order valence-corrected chi connectivity index (χ1v) is 9.73. The maximum absolute atomic E-state index is 12.5. The quantitative estimate of drug-likeness (QED) is 0.524. The van der Waals surface area contributed by atoms with Gasteiger partial charge in [-0.05, 0) is 49.2 Å². The Bertz CT molecular complexity index is 1130. The van der Waals surface area contributed by atoms with E-state index in [1.165, 1.54) is 27.7 Å². The molecule has 0 fully saturated rings. The average molecular weight is 375 g/mol. The van der Waals surface area contributed by atoms with E-state index in [2.05, 4.69) is 52.9 Å². The molecule has 4 nitrogen and oxygen atoms in total. The first-order chi connectivity index (χ1) is 13.0. The molecule has 5 heteroatoms. The van der Waals surface area contributed by atoms with Gasteiger partial charge >= 0.3 is 0 Å². The number of thiophene rings is 1. The number of hydrogen-bond donors (Lipinski definition) is 1. The molecule has 2 heterocycles. The number of carbonyl (C=O) groups excluding carboxylic acids is 1. The lowest BCUT2D eigenvalue weighted by Gasteiger charge is -2.09. The molecule has 1 amide bonds. The first-order valence-electron chi connectivity index (χ1n) is 8.91. The molecule has 1 N–H and O–H groups in total. The first kappa shape index (κ1) is 17.5. The molecule has 0 radical (unpaired) electrons. The molecule has 136 valence electrons. The number of nitrogens with zero attached hydrogens (tertiary/aromatic N) is 2. The van der Waals surface area contributed by atoms with Crippen molar-refractivity contribution in [2.45, 2.75) is 27.3 Å². The molecule has 0 atom stereocenters. The van der Waals surface area contributed by atoms with Gasteiger partial charge in [-0.2, -0.15) is 5.10 Å². The fourth-order valence-electron chi connectivity index (χ4n) is 3.36. The third-order valence-corrected chi connectivity index (χ3v) is 5.78. The van der Waals surface area contributed by atoms with Crippen LogP contribution in [0.25, 0.3) is 10.8 Å². The van der Waals surface area contributed by atoms with E-state index in [-0.39, 0.29) is 5.91 Å². The van der Waals surface area contributed by atoms with Gasteiger partial charge in [0.15, 0.2) is 0 Å². The number of benzene rings is 2. The lowest BCUT2D eigenvalue weighted by atomic mass is 10.0. The van der Waals surface area contributed by atoms with Crippen LogP contribution in [0.3, 0.4) is 0 Å². The smallest absolute Gasteiger partial charge is 0.265 e. The summed E-state index contributed by atoms with van der Waals surface area (Å²) in [5.74, 6) is -0.0796. The van der Waals surface area contributed by atoms with Crippen molar-refractivity contribution in [3.8, 4) is 0 Å². The van der Waals surface area contributed by atoms with Crippen LogP contribution >= 0.6 is 11.3 Å². The van der Waals surface area contributed by atoms with Crippen LogP contribution in [-0.2, 0) is 6.54 Å². The molecule has 4 rings (SSSR count). The minimum absolute atomic E-state index is 0.0796. The Balaban J connectivity index is 1.63. The monoisotopic (exact) mass is 375 g/mol. The summed E-state index contributed by atoms with van der Waals surface area (Å²) in [6.45, 7) is 6.60. The van der Waals surface area contributed by atoms with Crippen molar-refractivity contribution in [1.29, 1.82) is 0 Å². The predicted molar refractivity (Wildman–Crippen MR) is 112 cm³/mol. The van der Waals surface area contributed by atoms with Crippen LogP contribution in [0.4, 0.5) is 5.69 Å². The summed E-state index contributed by atoms with van der Waals surface area (Å²) in [5, 5.41) is 10.2. The lowest BCUT2D eigenvalue weighted by Crippen LogP contribution is -2.12. The Morgan fingerprint density at radius 3 is 2.59 bits per heavy atom. The van der Waals surface area contributed by atoms with Crippen molar-refractivity contribution < 1.29 is 4.79 Å². The fraction of sp³-hybridized carbons (Fsp3) is 0.182. The average Bonchev–Trinajstić information content (AvgIpc) is 3.21. The van der Waals surface area contributed by atoms with Gasteiger partial charge in [0.25, 0.3) is 5.91 Å². The summed E-state index contributed by atoms with van der Waals surface area (Å²) in [6.07, 6.45) is 0. The number of rotatable bonds is 4. The molecule has 0 aliphatic carbocycles. The normalized spacial score (nSPS) is 11.1. The summed E-state index contributed by atoms with van der Waals surface area (Å²) in [7, 11) is 0. The van der Waals surface area contributed by atoms with E-state index in [0.717, 1.165) is 22.0 Å². The van der Waals surface area contributed by atoms with Crippen LogP contribution in [0.1, 0.15) is 31.5 Å². The standard InChI is InChI=1S/C22H21N3OS/c1-14-11-12-20(27-14)22(26)23-21-15(2)24-25(16(21)3)13-18-9-6-8-17-7-4-5-10-19(17)18/h4-12H,13H2,1-3H3,(H,23,26). The number of anilines is 1. The number of hydrogen-bond acceptors (Lipinski definition) is 3. The summed E-state index contributed by atoms with van der Waals surface area (Å²) in [6, 6.07) is 18.5. The maximum atomic E-state index is 12.5. The van der Waals surface area contributed by atoms with E-state index >= 15 is 0 Å².